The van der Waals surface area contributed by atoms with E-state index in [1.54, 1.807) is 27.0 Å². The molecule has 1 atom stereocenters. The first-order chi connectivity index (χ1) is 8.25. The Morgan fingerprint density at radius 3 is 2.56 bits per heavy atom. The number of carbonyl (C=O) groups excluding carboxylic acids is 1. The molecule has 0 aliphatic carbocycles. The van der Waals surface area contributed by atoms with Gasteiger partial charge in [0, 0.05) is 17.5 Å². The van der Waals surface area contributed by atoms with Crippen LogP contribution in [0.5, 0.6) is 0 Å². The second-order valence-corrected chi connectivity index (χ2v) is 6.11. The first-order valence-corrected chi connectivity index (χ1v) is 6.53. The summed E-state index contributed by atoms with van der Waals surface area (Å²) in [7, 11) is 0. The highest BCUT2D eigenvalue weighted by atomic mass is 32.1. The van der Waals surface area contributed by atoms with Crippen molar-refractivity contribution in [3.63, 3.8) is 0 Å². The van der Waals surface area contributed by atoms with E-state index in [4.69, 9.17) is 0 Å². The topological polar surface area (TPSA) is 79.3 Å². The van der Waals surface area contributed by atoms with E-state index >= 15 is 0 Å². The molecule has 1 rings (SSSR count). The SMILES string of the molecule is Cc1cnc(NC(=O)CC(C)(C(=O)O)C(C)C)s1. The lowest BCUT2D eigenvalue weighted by Gasteiger charge is -2.28. The lowest BCUT2D eigenvalue weighted by Crippen LogP contribution is -2.37. The minimum absolute atomic E-state index is 0.0569. The highest BCUT2D eigenvalue weighted by Crippen LogP contribution is 2.32. The third kappa shape index (κ3) is 3.29. The molecule has 0 saturated carbocycles. The molecule has 0 aliphatic rings. The fourth-order valence-corrected chi connectivity index (χ4v) is 2.12. The maximum atomic E-state index is 11.8. The summed E-state index contributed by atoms with van der Waals surface area (Å²) < 4.78 is 0. The fraction of sp³-hybridized carbons (Fsp3) is 0.583. The zero-order chi connectivity index (χ0) is 13.9. The number of nitrogens with zero attached hydrogens (tertiary/aromatic N) is 1. The summed E-state index contributed by atoms with van der Waals surface area (Å²) in [5, 5.41) is 12.4. The monoisotopic (exact) mass is 270 g/mol. The maximum Gasteiger partial charge on any atom is 0.310 e. The number of aryl methyl sites for hydroxylation is 1. The Bertz CT molecular complexity index is 456. The summed E-state index contributed by atoms with van der Waals surface area (Å²) in [5.41, 5.74) is -1.06. The number of aromatic nitrogens is 1. The number of carbonyl (C=O) groups is 2. The van der Waals surface area contributed by atoms with Crippen LogP contribution in [0.1, 0.15) is 32.1 Å². The highest BCUT2D eigenvalue weighted by Gasteiger charge is 2.38. The van der Waals surface area contributed by atoms with Crippen LogP contribution < -0.4 is 5.32 Å². The summed E-state index contributed by atoms with van der Waals surface area (Å²) in [6.07, 6.45) is 1.61. The maximum absolute atomic E-state index is 11.8. The summed E-state index contributed by atoms with van der Waals surface area (Å²) in [4.78, 5) is 28.1. The molecule has 100 valence electrons. The lowest BCUT2D eigenvalue weighted by molar-refractivity contribution is -0.153. The van der Waals surface area contributed by atoms with Gasteiger partial charge in [-0.2, -0.15) is 0 Å². The van der Waals surface area contributed by atoms with Crippen molar-refractivity contribution in [2.45, 2.75) is 34.1 Å². The van der Waals surface area contributed by atoms with Gasteiger partial charge in [0.2, 0.25) is 5.91 Å². The Morgan fingerprint density at radius 1 is 1.56 bits per heavy atom. The molecule has 0 saturated heterocycles. The smallest absolute Gasteiger partial charge is 0.310 e. The van der Waals surface area contributed by atoms with Gasteiger partial charge in [-0.25, -0.2) is 4.98 Å². The van der Waals surface area contributed by atoms with Gasteiger partial charge in [0.25, 0.3) is 0 Å². The van der Waals surface area contributed by atoms with Crippen LogP contribution in [-0.2, 0) is 9.59 Å². The number of thiazole rings is 1. The van der Waals surface area contributed by atoms with E-state index in [1.165, 1.54) is 11.3 Å². The number of carboxylic acid groups (broad SMARTS) is 1. The van der Waals surface area contributed by atoms with Gasteiger partial charge in [-0.15, -0.1) is 11.3 Å². The average molecular weight is 270 g/mol. The number of hydrogen-bond acceptors (Lipinski definition) is 4. The Hall–Kier alpha value is -1.43. The van der Waals surface area contributed by atoms with Gasteiger partial charge in [-0.05, 0) is 19.8 Å². The molecule has 1 unspecified atom stereocenters. The lowest BCUT2D eigenvalue weighted by atomic mass is 9.76. The first-order valence-electron chi connectivity index (χ1n) is 5.71. The van der Waals surface area contributed by atoms with Gasteiger partial charge in [0.05, 0.1) is 5.41 Å². The molecule has 6 heteroatoms. The predicted molar refractivity (Wildman–Crippen MR) is 70.7 cm³/mol. The second-order valence-electron chi connectivity index (χ2n) is 4.88. The minimum Gasteiger partial charge on any atom is -0.481 e. The summed E-state index contributed by atoms with van der Waals surface area (Å²) in [6.45, 7) is 7.08. The second kappa shape index (κ2) is 5.48. The largest absolute Gasteiger partial charge is 0.481 e. The number of carboxylic acids is 1. The summed E-state index contributed by atoms with van der Waals surface area (Å²) >= 11 is 1.37. The predicted octanol–water partition coefficient (Wildman–Crippen LogP) is 2.53. The van der Waals surface area contributed by atoms with E-state index in [9.17, 15) is 14.7 Å². The van der Waals surface area contributed by atoms with Crippen molar-refractivity contribution in [2.24, 2.45) is 11.3 Å². The van der Waals surface area contributed by atoms with Crippen molar-refractivity contribution in [1.82, 2.24) is 4.98 Å². The van der Waals surface area contributed by atoms with E-state index in [1.807, 2.05) is 6.92 Å². The third-order valence-corrected chi connectivity index (χ3v) is 3.99. The molecule has 1 heterocycles. The van der Waals surface area contributed by atoms with Crippen LogP contribution in [0.3, 0.4) is 0 Å². The van der Waals surface area contributed by atoms with Crippen molar-refractivity contribution < 1.29 is 14.7 Å². The van der Waals surface area contributed by atoms with Gasteiger partial charge in [-0.1, -0.05) is 13.8 Å². The molecule has 5 nitrogen and oxygen atoms in total. The quantitative estimate of drug-likeness (QED) is 0.861. The molecule has 0 aromatic carbocycles. The molecule has 0 radical (unpaired) electrons. The molecule has 0 aliphatic heterocycles. The summed E-state index contributed by atoms with van der Waals surface area (Å²) in [5.74, 6) is -1.40. The summed E-state index contributed by atoms with van der Waals surface area (Å²) in [6, 6.07) is 0. The standard InChI is InChI=1S/C12H18N2O3S/c1-7(2)12(4,10(16)17)5-9(15)14-11-13-6-8(3)18-11/h6-7H,5H2,1-4H3,(H,16,17)(H,13,14,15). The van der Waals surface area contributed by atoms with Gasteiger partial charge in [-0.3, -0.25) is 9.59 Å². The van der Waals surface area contributed by atoms with Crippen LogP contribution in [0.2, 0.25) is 0 Å². The van der Waals surface area contributed by atoms with Crippen LogP contribution >= 0.6 is 11.3 Å². The Morgan fingerprint density at radius 2 is 2.17 bits per heavy atom. The highest BCUT2D eigenvalue weighted by molar-refractivity contribution is 7.15. The normalized spacial score (nSPS) is 14.3. The van der Waals surface area contributed by atoms with Crippen LogP contribution in [-0.4, -0.2) is 22.0 Å². The molecular weight excluding hydrogens is 252 g/mol. The molecule has 0 spiro atoms. The van der Waals surface area contributed by atoms with E-state index in [2.05, 4.69) is 10.3 Å². The van der Waals surface area contributed by atoms with Crippen molar-refractivity contribution >= 4 is 28.3 Å². The molecule has 2 N–H and O–H groups in total. The minimum atomic E-state index is -1.06. The van der Waals surface area contributed by atoms with Crippen molar-refractivity contribution in [3.05, 3.63) is 11.1 Å². The third-order valence-electron chi connectivity index (χ3n) is 3.16. The number of amides is 1. The molecule has 1 aromatic heterocycles. The number of aliphatic carboxylic acids is 1. The number of anilines is 1. The van der Waals surface area contributed by atoms with E-state index in [0.717, 1.165) is 4.88 Å². The Kier molecular flexibility index (Phi) is 4.45. The zero-order valence-corrected chi connectivity index (χ0v) is 11.8. The molecule has 1 amide bonds. The van der Waals surface area contributed by atoms with Crippen LogP contribution in [0.25, 0.3) is 0 Å². The van der Waals surface area contributed by atoms with Crippen LogP contribution in [0.15, 0.2) is 6.20 Å². The van der Waals surface area contributed by atoms with Crippen molar-refractivity contribution in [2.75, 3.05) is 5.32 Å². The van der Waals surface area contributed by atoms with Gasteiger partial charge in [0.15, 0.2) is 5.13 Å². The molecular formula is C12H18N2O3S. The number of rotatable bonds is 5. The van der Waals surface area contributed by atoms with Gasteiger partial charge < -0.3 is 10.4 Å². The van der Waals surface area contributed by atoms with Crippen molar-refractivity contribution in [3.8, 4) is 0 Å². The van der Waals surface area contributed by atoms with Gasteiger partial charge >= 0.3 is 5.97 Å². The number of hydrogen-bond donors (Lipinski definition) is 2. The Labute approximate surface area is 110 Å². The molecule has 1 aromatic rings. The molecule has 0 bridgehead atoms. The van der Waals surface area contributed by atoms with Crippen LogP contribution in [0, 0.1) is 18.3 Å². The average Bonchev–Trinajstić information content (AvgIpc) is 2.62. The van der Waals surface area contributed by atoms with E-state index < -0.39 is 11.4 Å². The molecule has 18 heavy (non-hydrogen) atoms. The molecule has 0 fully saturated rings. The van der Waals surface area contributed by atoms with Gasteiger partial charge in [0.1, 0.15) is 0 Å². The number of nitrogens with one attached hydrogen (secondary N) is 1. The Balaban J connectivity index is 2.71. The zero-order valence-electron chi connectivity index (χ0n) is 11.0. The van der Waals surface area contributed by atoms with E-state index in [-0.39, 0.29) is 18.2 Å². The van der Waals surface area contributed by atoms with Crippen LogP contribution in [0.4, 0.5) is 5.13 Å². The fourth-order valence-electron chi connectivity index (χ4n) is 1.44. The van der Waals surface area contributed by atoms with Crippen molar-refractivity contribution in [1.29, 1.82) is 0 Å². The first kappa shape index (κ1) is 14.6. The van der Waals surface area contributed by atoms with E-state index in [0.29, 0.717) is 5.13 Å².